The van der Waals surface area contributed by atoms with Crippen LogP contribution in [-0.2, 0) is 26.2 Å². The van der Waals surface area contributed by atoms with Crippen LogP contribution < -0.4 is 14.4 Å². The van der Waals surface area contributed by atoms with Gasteiger partial charge in [0.1, 0.15) is 18.3 Å². The minimum absolute atomic E-state index is 0.0164. The molecule has 0 fully saturated rings. The third-order valence-corrected chi connectivity index (χ3v) is 9.21. The van der Waals surface area contributed by atoms with E-state index in [2.05, 4.69) is 5.32 Å². The van der Waals surface area contributed by atoms with Crippen LogP contribution in [0.2, 0.25) is 15.1 Å². The molecule has 2 amide bonds. The second-order valence-corrected chi connectivity index (χ2v) is 12.4. The smallest absolute Gasteiger partial charge is 0.264 e. The summed E-state index contributed by atoms with van der Waals surface area (Å²) in [5.41, 5.74) is 1.44. The molecule has 0 saturated heterocycles. The Morgan fingerprint density at radius 3 is 2.17 bits per heavy atom. The molecule has 0 radical (unpaired) electrons. The Morgan fingerprint density at radius 2 is 1.61 bits per heavy atom. The molecule has 12 heteroatoms. The minimum Gasteiger partial charge on any atom is -0.495 e. The molecule has 3 aromatic rings. The lowest BCUT2D eigenvalue weighted by Gasteiger charge is -2.32. The third kappa shape index (κ3) is 7.86. The van der Waals surface area contributed by atoms with E-state index in [-0.39, 0.29) is 22.2 Å². The maximum absolute atomic E-state index is 14.0. The molecule has 0 aliphatic rings. The summed E-state index contributed by atoms with van der Waals surface area (Å²) in [7, 11) is -2.81. The van der Waals surface area contributed by atoms with Gasteiger partial charge in [0.05, 0.1) is 22.7 Å². The minimum atomic E-state index is -4.25. The van der Waals surface area contributed by atoms with Crippen molar-refractivity contribution in [2.75, 3.05) is 24.5 Å². The molecular formula is C29H32Cl3N3O5S. The van der Waals surface area contributed by atoms with Crippen LogP contribution in [-0.4, -0.2) is 51.4 Å². The molecule has 0 bridgehead atoms. The number of benzene rings is 3. The van der Waals surface area contributed by atoms with Crippen LogP contribution in [0, 0.1) is 6.92 Å². The van der Waals surface area contributed by atoms with Crippen LogP contribution in [0.3, 0.4) is 0 Å². The highest BCUT2D eigenvalue weighted by Gasteiger charge is 2.33. The summed E-state index contributed by atoms with van der Waals surface area (Å²) in [6.45, 7) is 4.97. The largest absolute Gasteiger partial charge is 0.495 e. The molecule has 220 valence electrons. The first-order valence-electron chi connectivity index (χ1n) is 12.8. The van der Waals surface area contributed by atoms with Gasteiger partial charge < -0.3 is 15.0 Å². The average molecular weight is 641 g/mol. The Hall–Kier alpha value is -2.98. The summed E-state index contributed by atoms with van der Waals surface area (Å²) in [6, 6.07) is 14.6. The van der Waals surface area contributed by atoms with Crippen molar-refractivity contribution in [3.63, 3.8) is 0 Å². The zero-order valence-electron chi connectivity index (χ0n) is 23.2. The van der Waals surface area contributed by atoms with Crippen molar-refractivity contribution in [3.8, 4) is 5.75 Å². The number of nitrogens with zero attached hydrogens (tertiary/aromatic N) is 2. The molecule has 0 aliphatic heterocycles. The Morgan fingerprint density at radius 1 is 0.976 bits per heavy atom. The van der Waals surface area contributed by atoms with E-state index in [1.54, 1.807) is 37.3 Å². The van der Waals surface area contributed by atoms with Crippen LogP contribution >= 0.6 is 34.8 Å². The molecule has 0 saturated carbocycles. The first-order valence-corrected chi connectivity index (χ1v) is 15.4. The molecule has 3 rings (SSSR count). The van der Waals surface area contributed by atoms with Crippen molar-refractivity contribution in [2.45, 2.75) is 44.7 Å². The lowest BCUT2D eigenvalue weighted by atomic mass is 10.1. The molecule has 1 unspecified atom stereocenters. The quantitative estimate of drug-likeness (QED) is 0.258. The van der Waals surface area contributed by atoms with Crippen molar-refractivity contribution in [2.24, 2.45) is 0 Å². The maximum Gasteiger partial charge on any atom is 0.264 e. The molecule has 0 aromatic heterocycles. The van der Waals surface area contributed by atoms with Crippen molar-refractivity contribution in [1.29, 1.82) is 0 Å². The monoisotopic (exact) mass is 639 g/mol. The predicted octanol–water partition coefficient (Wildman–Crippen LogP) is 6.10. The summed E-state index contributed by atoms with van der Waals surface area (Å²) < 4.78 is 34.1. The first-order chi connectivity index (χ1) is 19.4. The second kappa shape index (κ2) is 14.3. The van der Waals surface area contributed by atoms with Crippen LogP contribution in [0.15, 0.2) is 65.6 Å². The number of hydrogen-bond donors (Lipinski definition) is 1. The van der Waals surface area contributed by atoms with Gasteiger partial charge in [0, 0.05) is 28.7 Å². The number of carbonyl (C=O) groups is 2. The molecule has 3 aromatic carbocycles. The van der Waals surface area contributed by atoms with Crippen molar-refractivity contribution in [3.05, 3.63) is 86.9 Å². The van der Waals surface area contributed by atoms with Crippen LogP contribution in [0.4, 0.5) is 5.69 Å². The third-order valence-electron chi connectivity index (χ3n) is 6.42. The molecule has 41 heavy (non-hydrogen) atoms. The van der Waals surface area contributed by atoms with Gasteiger partial charge in [-0.15, -0.1) is 0 Å². The van der Waals surface area contributed by atoms with Gasteiger partial charge >= 0.3 is 0 Å². The van der Waals surface area contributed by atoms with Gasteiger partial charge in [-0.3, -0.25) is 13.9 Å². The molecule has 1 N–H and O–H groups in total. The highest BCUT2D eigenvalue weighted by atomic mass is 35.5. The highest BCUT2D eigenvalue weighted by molar-refractivity contribution is 7.92. The van der Waals surface area contributed by atoms with Crippen LogP contribution in [0.5, 0.6) is 5.75 Å². The predicted molar refractivity (Wildman–Crippen MR) is 163 cm³/mol. The number of anilines is 1. The number of sulfonamides is 1. The van der Waals surface area contributed by atoms with E-state index in [0.717, 1.165) is 9.87 Å². The Kier molecular flexibility index (Phi) is 11.3. The van der Waals surface area contributed by atoms with Crippen molar-refractivity contribution < 1.29 is 22.7 Å². The van der Waals surface area contributed by atoms with Crippen LogP contribution in [0.25, 0.3) is 0 Å². The van der Waals surface area contributed by atoms with Gasteiger partial charge in [-0.05, 0) is 62.7 Å². The number of halogens is 3. The van der Waals surface area contributed by atoms with E-state index in [0.29, 0.717) is 34.3 Å². The number of hydrogen-bond acceptors (Lipinski definition) is 5. The molecule has 0 aliphatic carbocycles. The number of nitrogens with one attached hydrogen (secondary N) is 1. The van der Waals surface area contributed by atoms with Gasteiger partial charge in [0.2, 0.25) is 11.8 Å². The summed E-state index contributed by atoms with van der Waals surface area (Å²) in [6.07, 6.45) is 0.698. The van der Waals surface area contributed by atoms with E-state index < -0.39 is 34.4 Å². The fraction of sp³-hybridized carbons (Fsp3) is 0.310. The van der Waals surface area contributed by atoms with E-state index in [4.69, 9.17) is 39.5 Å². The van der Waals surface area contributed by atoms with E-state index in [9.17, 15) is 18.0 Å². The fourth-order valence-corrected chi connectivity index (χ4v) is 6.18. The van der Waals surface area contributed by atoms with Crippen molar-refractivity contribution >= 4 is 62.3 Å². The molecule has 8 nitrogen and oxygen atoms in total. The topological polar surface area (TPSA) is 96.0 Å². The first kappa shape index (κ1) is 32.5. The normalized spacial score (nSPS) is 12.0. The summed E-state index contributed by atoms with van der Waals surface area (Å²) in [5, 5.41) is 3.56. The molecular weight excluding hydrogens is 609 g/mol. The van der Waals surface area contributed by atoms with Gasteiger partial charge in [-0.1, -0.05) is 65.5 Å². The van der Waals surface area contributed by atoms with E-state index >= 15 is 0 Å². The van der Waals surface area contributed by atoms with Gasteiger partial charge in [0.25, 0.3) is 10.0 Å². The molecule has 1 atom stereocenters. The summed E-state index contributed by atoms with van der Waals surface area (Å²) >= 11 is 19.2. The standard InChI is InChI=1S/C29H32Cl3N3O5S/c1-5-15-33-29(37)20(3)34(17-23-24(30)7-6-8-25(23)31)28(36)18-35(21-11-14-27(40-4)26(32)16-21)41(38,39)22-12-9-19(2)10-13-22/h6-14,16,20H,5,15,17-18H2,1-4H3,(H,33,37). The maximum atomic E-state index is 14.0. The number of amides is 2. The van der Waals surface area contributed by atoms with E-state index in [1.807, 2.05) is 13.8 Å². The van der Waals surface area contributed by atoms with Gasteiger partial charge in [-0.2, -0.15) is 0 Å². The SMILES string of the molecule is CCCNC(=O)C(C)N(Cc1c(Cl)cccc1Cl)C(=O)CN(c1ccc(OC)c(Cl)c1)S(=O)(=O)c1ccc(C)cc1. The fourth-order valence-electron chi connectivity index (χ4n) is 4.01. The molecule has 0 spiro atoms. The number of ether oxygens (including phenoxy) is 1. The number of aryl methyl sites for hydroxylation is 1. The molecule has 0 heterocycles. The average Bonchev–Trinajstić information content (AvgIpc) is 2.94. The zero-order valence-corrected chi connectivity index (χ0v) is 26.2. The Balaban J connectivity index is 2.09. The summed E-state index contributed by atoms with van der Waals surface area (Å²) in [4.78, 5) is 28.3. The lowest BCUT2D eigenvalue weighted by Crippen LogP contribution is -2.51. The second-order valence-electron chi connectivity index (χ2n) is 9.33. The number of rotatable bonds is 12. The summed E-state index contributed by atoms with van der Waals surface area (Å²) in [5.74, 6) is -0.711. The van der Waals surface area contributed by atoms with Crippen molar-refractivity contribution in [1.82, 2.24) is 10.2 Å². The van der Waals surface area contributed by atoms with E-state index in [1.165, 1.54) is 42.3 Å². The van der Waals surface area contributed by atoms with Gasteiger partial charge in [-0.25, -0.2) is 8.42 Å². The number of carbonyl (C=O) groups excluding carboxylic acids is 2. The lowest BCUT2D eigenvalue weighted by molar-refractivity contribution is -0.139. The highest BCUT2D eigenvalue weighted by Crippen LogP contribution is 2.33. The Bertz CT molecular complexity index is 1480. The number of methoxy groups -OCH3 is 1. The van der Waals surface area contributed by atoms with Crippen LogP contribution in [0.1, 0.15) is 31.4 Å². The zero-order chi connectivity index (χ0) is 30.3. The van der Waals surface area contributed by atoms with Gasteiger partial charge in [0.15, 0.2) is 0 Å². The Labute approximate surface area is 256 Å².